The van der Waals surface area contributed by atoms with E-state index in [1.165, 1.54) is 12.8 Å². The molecule has 2 N–H and O–H groups in total. The Kier molecular flexibility index (Phi) is 7.39. The third kappa shape index (κ3) is 5.97. The zero-order chi connectivity index (χ0) is 23.5. The lowest BCUT2D eigenvalue weighted by Gasteiger charge is -2.16. The van der Waals surface area contributed by atoms with Gasteiger partial charge in [0, 0.05) is 22.9 Å². The topological polar surface area (TPSA) is 75.3 Å². The molecule has 1 aliphatic carbocycles. The van der Waals surface area contributed by atoms with Crippen molar-refractivity contribution in [2.75, 3.05) is 11.6 Å². The summed E-state index contributed by atoms with van der Waals surface area (Å²) in [6.45, 7) is 5.59. The van der Waals surface area contributed by atoms with Gasteiger partial charge in [-0.05, 0) is 79.6 Å². The lowest BCUT2D eigenvalue weighted by atomic mass is 9.93. The van der Waals surface area contributed by atoms with E-state index in [2.05, 4.69) is 5.32 Å². The van der Waals surface area contributed by atoms with E-state index in [0.717, 1.165) is 47.0 Å². The Morgan fingerprint density at radius 2 is 1.78 bits per heavy atom. The molecule has 2 aromatic carbocycles. The molecule has 0 aromatic heterocycles. The van der Waals surface area contributed by atoms with Gasteiger partial charge in [-0.2, -0.15) is 0 Å². The summed E-state index contributed by atoms with van der Waals surface area (Å²) in [7, 11) is -3.64. The van der Waals surface area contributed by atoms with Crippen LogP contribution in [0.2, 0.25) is 0 Å². The Hall–Kier alpha value is -2.67. The molecule has 2 aromatic rings. The molecule has 0 saturated heterocycles. The fourth-order valence-corrected chi connectivity index (χ4v) is 4.63. The maximum atomic E-state index is 15.0. The SMILES string of the molecule is CC/C(=C\c1cc(C)c(-c2ccc(NC3CCCC3)cc2F)cc1C)C(=O)NS(C)(=O)=O. The van der Waals surface area contributed by atoms with Crippen molar-refractivity contribution in [3.63, 3.8) is 0 Å². The summed E-state index contributed by atoms with van der Waals surface area (Å²) >= 11 is 0. The van der Waals surface area contributed by atoms with Gasteiger partial charge in [0.05, 0.1) is 6.26 Å². The van der Waals surface area contributed by atoms with Crippen LogP contribution in [0.5, 0.6) is 0 Å². The lowest BCUT2D eigenvalue weighted by molar-refractivity contribution is -0.115. The smallest absolute Gasteiger partial charge is 0.260 e. The number of anilines is 1. The van der Waals surface area contributed by atoms with Crippen LogP contribution in [0.1, 0.15) is 55.7 Å². The number of sulfonamides is 1. The van der Waals surface area contributed by atoms with Crippen LogP contribution in [0, 0.1) is 19.7 Å². The van der Waals surface area contributed by atoms with Crippen LogP contribution >= 0.6 is 0 Å². The monoisotopic (exact) mass is 458 g/mol. The molecule has 32 heavy (non-hydrogen) atoms. The van der Waals surface area contributed by atoms with E-state index >= 15 is 0 Å². The predicted molar refractivity (Wildman–Crippen MR) is 128 cm³/mol. The Labute approximate surface area is 190 Å². The molecule has 0 aliphatic heterocycles. The fraction of sp³-hybridized carbons (Fsp3) is 0.400. The molecule has 0 heterocycles. The van der Waals surface area contributed by atoms with Crippen LogP contribution in [-0.4, -0.2) is 26.6 Å². The molecule has 5 nitrogen and oxygen atoms in total. The standard InChI is InChI=1S/C25H31FN2O3S/c1-5-18(25(29)28-32(4,30)31)14-19-12-17(3)23(13-16(19)2)22-11-10-21(15-24(22)26)27-20-8-6-7-9-20/h10-15,20,27H,5-9H2,1-4H3,(H,28,29)/b18-14+. The molecular formula is C25H31FN2O3S. The van der Waals surface area contributed by atoms with Gasteiger partial charge in [-0.15, -0.1) is 0 Å². The average Bonchev–Trinajstić information content (AvgIpc) is 3.20. The highest BCUT2D eigenvalue weighted by atomic mass is 32.2. The van der Waals surface area contributed by atoms with Crippen LogP contribution in [0.25, 0.3) is 17.2 Å². The molecule has 0 atom stereocenters. The third-order valence-electron chi connectivity index (χ3n) is 5.88. The van der Waals surface area contributed by atoms with Crippen molar-refractivity contribution < 1.29 is 17.6 Å². The van der Waals surface area contributed by atoms with E-state index < -0.39 is 15.9 Å². The van der Waals surface area contributed by atoms with Crippen molar-refractivity contribution in [1.82, 2.24) is 4.72 Å². The summed E-state index contributed by atoms with van der Waals surface area (Å²) in [6, 6.07) is 9.51. The lowest BCUT2D eigenvalue weighted by Crippen LogP contribution is -2.30. The number of hydrogen-bond donors (Lipinski definition) is 2. The number of benzene rings is 2. The highest BCUT2D eigenvalue weighted by molar-refractivity contribution is 7.89. The minimum atomic E-state index is -3.64. The van der Waals surface area contributed by atoms with Crippen molar-refractivity contribution in [3.05, 3.63) is 58.4 Å². The second kappa shape index (κ2) is 9.86. The maximum absolute atomic E-state index is 15.0. The Bertz CT molecular complexity index is 1150. The quantitative estimate of drug-likeness (QED) is 0.550. The number of aryl methyl sites for hydroxylation is 2. The highest BCUT2D eigenvalue weighted by Crippen LogP contribution is 2.32. The summed E-state index contributed by atoms with van der Waals surface area (Å²) in [4.78, 5) is 12.3. The number of carbonyl (C=O) groups excluding carboxylic acids is 1. The number of halogens is 1. The van der Waals surface area contributed by atoms with E-state index in [4.69, 9.17) is 0 Å². The van der Waals surface area contributed by atoms with Gasteiger partial charge in [0.1, 0.15) is 5.82 Å². The van der Waals surface area contributed by atoms with E-state index in [1.807, 2.05) is 36.8 Å². The van der Waals surface area contributed by atoms with Crippen LogP contribution in [0.3, 0.4) is 0 Å². The first-order valence-electron chi connectivity index (χ1n) is 11.0. The van der Waals surface area contributed by atoms with Crippen molar-refractivity contribution in [2.24, 2.45) is 0 Å². The summed E-state index contributed by atoms with van der Waals surface area (Å²) < 4.78 is 39.8. The molecule has 0 radical (unpaired) electrons. The molecule has 0 spiro atoms. The van der Waals surface area contributed by atoms with Gasteiger partial charge >= 0.3 is 0 Å². The van der Waals surface area contributed by atoms with E-state index in [0.29, 0.717) is 23.6 Å². The summed E-state index contributed by atoms with van der Waals surface area (Å²) in [6.07, 6.45) is 7.70. The summed E-state index contributed by atoms with van der Waals surface area (Å²) in [5.74, 6) is -0.909. The van der Waals surface area contributed by atoms with E-state index in [9.17, 15) is 17.6 Å². The normalized spacial score (nSPS) is 15.1. The molecular weight excluding hydrogens is 427 g/mol. The zero-order valence-corrected chi connectivity index (χ0v) is 19.9. The Morgan fingerprint density at radius 3 is 2.38 bits per heavy atom. The molecule has 172 valence electrons. The molecule has 1 fully saturated rings. The first-order chi connectivity index (χ1) is 15.1. The zero-order valence-electron chi connectivity index (χ0n) is 19.1. The van der Waals surface area contributed by atoms with E-state index in [1.54, 1.807) is 25.1 Å². The van der Waals surface area contributed by atoms with Gasteiger partial charge in [0.15, 0.2) is 0 Å². The van der Waals surface area contributed by atoms with Crippen molar-refractivity contribution in [2.45, 2.75) is 58.9 Å². The minimum absolute atomic E-state index is 0.277. The fourth-order valence-electron chi connectivity index (χ4n) is 4.16. The number of hydrogen-bond acceptors (Lipinski definition) is 4. The summed E-state index contributed by atoms with van der Waals surface area (Å²) in [5.41, 5.74) is 5.03. The van der Waals surface area contributed by atoms with Crippen molar-refractivity contribution in [3.8, 4) is 11.1 Å². The number of nitrogens with one attached hydrogen (secondary N) is 2. The number of amides is 1. The first kappa shape index (κ1) is 24.0. The number of rotatable bonds is 7. The molecule has 1 aliphatic rings. The van der Waals surface area contributed by atoms with Gasteiger partial charge in [-0.3, -0.25) is 4.79 Å². The van der Waals surface area contributed by atoms with Crippen LogP contribution in [-0.2, 0) is 14.8 Å². The molecule has 1 amide bonds. The molecule has 1 saturated carbocycles. The van der Waals surface area contributed by atoms with Gasteiger partial charge in [-0.1, -0.05) is 31.9 Å². The second-order valence-electron chi connectivity index (χ2n) is 8.57. The van der Waals surface area contributed by atoms with E-state index in [-0.39, 0.29) is 5.82 Å². The predicted octanol–water partition coefficient (Wildman–Crippen LogP) is 5.33. The molecule has 3 rings (SSSR count). The van der Waals surface area contributed by atoms with Crippen LogP contribution < -0.4 is 10.0 Å². The number of carbonyl (C=O) groups is 1. The molecule has 0 bridgehead atoms. The summed E-state index contributed by atoms with van der Waals surface area (Å²) in [5, 5.41) is 3.42. The average molecular weight is 459 g/mol. The van der Waals surface area contributed by atoms with Crippen LogP contribution in [0.4, 0.5) is 10.1 Å². The molecule has 0 unspecified atom stereocenters. The Balaban J connectivity index is 1.89. The van der Waals surface area contributed by atoms with Crippen molar-refractivity contribution in [1.29, 1.82) is 0 Å². The largest absolute Gasteiger partial charge is 0.382 e. The second-order valence-corrected chi connectivity index (χ2v) is 10.3. The molecule has 7 heteroatoms. The van der Waals surface area contributed by atoms with Crippen molar-refractivity contribution >= 4 is 27.7 Å². The third-order valence-corrected chi connectivity index (χ3v) is 6.43. The van der Waals surface area contributed by atoms with Gasteiger partial charge < -0.3 is 5.32 Å². The van der Waals surface area contributed by atoms with Crippen LogP contribution in [0.15, 0.2) is 35.9 Å². The highest BCUT2D eigenvalue weighted by Gasteiger charge is 2.17. The minimum Gasteiger partial charge on any atom is -0.382 e. The van der Waals surface area contributed by atoms with Gasteiger partial charge in [-0.25, -0.2) is 17.5 Å². The van der Waals surface area contributed by atoms with Gasteiger partial charge in [0.25, 0.3) is 5.91 Å². The Morgan fingerprint density at radius 1 is 1.09 bits per heavy atom. The maximum Gasteiger partial charge on any atom is 0.260 e. The van der Waals surface area contributed by atoms with Gasteiger partial charge in [0.2, 0.25) is 10.0 Å². The first-order valence-corrected chi connectivity index (χ1v) is 12.9.